The normalized spacial score (nSPS) is 17.1. The van der Waals surface area contributed by atoms with Crippen LogP contribution in [0, 0.1) is 19.8 Å². The van der Waals surface area contributed by atoms with Crippen molar-refractivity contribution in [2.45, 2.75) is 26.7 Å². The first-order valence-corrected chi connectivity index (χ1v) is 5.08. The second-order valence-electron chi connectivity index (χ2n) is 4.10. The minimum atomic E-state index is 0.551. The van der Waals surface area contributed by atoms with E-state index >= 15 is 0 Å². The highest BCUT2D eigenvalue weighted by atomic mass is 14.9. The molecule has 2 heteroatoms. The molecule has 74 valence electrons. The summed E-state index contributed by atoms with van der Waals surface area (Å²) >= 11 is 0. The largest absolute Gasteiger partial charge is 0.387 e. The molecule has 0 radical (unpaired) electrons. The third kappa shape index (κ3) is 1.95. The summed E-state index contributed by atoms with van der Waals surface area (Å²) in [5.74, 6) is 1.36. The van der Waals surface area contributed by atoms with E-state index in [9.17, 15) is 0 Å². The van der Waals surface area contributed by atoms with Crippen LogP contribution in [0.1, 0.15) is 24.0 Å². The van der Waals surface area contributed by atoms with Gasteiger partial charge >= 0.3 is 0 Å². The molecule has 1 aromatic carbocycles. The Labute approximate surface area is 84.9 Å². The van der Waals surface area contributed by atoms with Crippen LogP contribution in [0.5, 0.6) is 0 Å². The van der Waals surface area contributed by atoms with Crippen molar-refractivity contribution in [1.29, 1.82) is 0 Å². The van der Waals surface area contributed by atoms with Crippen molar-refractivity contribution in [2.75, 3.05) is 0 Å². The van der Waals surface area contributed by atoms with Crippen molar-refractivity contribution >= 4 is 11.5 Å². The molecule has 1 aliphatic carbocycles. The van der Waals surface area contributed by atoms with Crippen molar-refractivity contribution in [3.05, 3.63) is 29.3 Å². The van der Waals surface area contributed by atoms with Gasteiger partial charge in [0.25, 0.3) is 0 Å². The summed E-state index contributed by atoms with van der Waals surface area (Å²) in [7, 11) is 0. The molecule has 2 N–H and O–H groups in total. The van der Waals surface area contributed by atoms with Gasteiger partial charge in [-0.1, -0.05) is 12.1 Å². The number of nitrogens with zero attached hydrogens (tertiary/aromatic N) is 1. The number of aliphatic imine (C=N–C) groups is 1. The number of benzene rings is 1. The van der Waals surface area contributed by atoms with Crippen molar-refractivity contribution in [3.63, 3.8) is 0 Å². The number of rotatable bonds is 2. The Hall–Kier alpha value is -1.31. The molecule has 0 aliphatic heterocycles. The molecule has 1 aliphatic rings. The molecule has 0 atom stereocenters. The van der Waals surface area contributed by atoms with Crippen LogP contribution in [0.3, 0.4) is 0 Å². The molecule has 1 fully saturated rings. The van der Waals surface area contributed by atoms with Gasteiger partial charge in [0.15, 0.2) is 0 Å². The van der Waals surface area contributed by atoms with Crippen molar-refractivity contribution in [2.24, 2.45) is 16.6 Å². The summed E-state index contributed by atoms with van der Waals surface area (Å²) < 4.78 is 0. The highest BCUT2D eigenvalue weighted by molar-refractivity contribution is 5.87. The number of aryl methyl sites for hydroxylation is 2. The fourth-order valence-electron chi connectivity index (χ4n) is 1.45. The molecule has 0 heterocycles. The Kier molecular flexibility index (Phi) is 2.28. The molecular weight excluding hydrogens is 172 g/mol. The maximum Gasteiger partial charge on any atom is 0.103 e. The lowest BCUT2D eigenvalue weighted by Gasteiger charge is -2.03. The van der Waals surface area contributed by atoms with Gasteiger partial charge in [-0.05, 0) is 43.9 Å². The second-order valence-corrected chi connectivity index (χ2v) is 4.10. The van der Waals surface area contributed by atoms with Crippen LogP contribution >= 0.6 is 0 Å². The quantitative estimate of drug-likeness (QED) is 0.562. The average Bonchev–Trinajstić information content (AvgIpc) is 2.94. The molecular formula is C12H16N2. The molecule has 0 bridgehead atoms. The molecule has 0 unspecified atom stereocenters. The van der Waals surface area contributed by atoms with Gasteiger partial charge < -0.3 is 5.73 Å². The molecule has 0 amide bonds. The molecule has 2 rings (SSSR count). The van der Waals surface area contributed by atoms with Crippen LogP contribution in [0.2, 0.25) is 0 Å². The standard InChI is InChI=1S/C12H16N2/c1-8-3-4-9(2)11(7-8)14-12(13)10-5-6-10/h3-4,7,10H,5-6H2,1-2H3,(H2,13,14). The Morgan fingerprint density at radius 2 is 2.07 bits per heavy atom. The van der Waals surface area contributed by atoms with Gasteiger partial charge in [0.1, 0.15) is 5.84 Å². The van der Waals surface area contributed by atoms with Gasteiger partial charge in [-0.15, -0.1) is 0 Å². The fraction of sp³-hybridized carbons (Fsp3) is 0.417. The van der Waals surface area contributed by atoms with E-state index in [1.807, 2.05) is 0 Å². The minimum absolute atomic E-state index is 0.551. The van der Waals surface area contributed by atoms with E-state index < -0.39 is 0 Å². The first kappa shape index (κ1) is 9.25. The third-order valence-corrected chi connectivity index (χ3v) is 2.61. The van der Waals surface area contributed by atoms with Crippen LogP contribution < -0.4 is 5.73 Å². The Balaban J connectivity index is 2.30. The van der Waals surface area contributed by atoms with Gasteiger partial charge in [0.2, 0.25) is 0 Å². The highest BCUT2D eigenvalue weighted by Gasteiger charge is 2.25. The number of hydrogen-bond acceptors (Lipinski definition) is 1. The number of hydrogen-bond donors (Lipinski definition) is 1. The maximum atomic E-state index is 5.88. The van der Waals surface area contributed by atoms with Gasteiger partial charge in [-0.3, -0.25) is 0 Å². The summed E-state index contributed by atoms with van der Waals surface area (Å²) in [6.45, 7) is 4.14. The molecule has 0 aromatic heterocycles. The van der Waals surface area contributed by atoms with E-state index in [0.29, 0.717) is 5.92 Å². The van der Waals surface area contributed by atoms with Gasteiger partial charge in [0.05, 0.1) is 5.69 Å². The van der Waals surface area contributed by atoms with Gasteiger partial charge in [0, 0.05) is 5.92 Å². The molecule has 1 saturated carbocycles. The predicted molar refractivity (Wildman–Crippen MR) is 59.9 cm³/mol. The van der Waals surface area contributed by atoms with E-state index in [2.05, 4.69) is 37.0 Å². The maximum absolute atomic E-state index is 5.88. The molecule has 0 spiro atoms. The zero-order chi connectivity index (χ0) is 10.1. The Bertz CT molecular complexity index is 376. The van der Waals surface area contributed by atoms with E-state index in [4.69, 9.17) is 5.73 Å². The first-order chi connectivity index (χ1) is 6.66. The number of amidine groups is 1. The number of nitrogens with two attached hydrogens (primary N) is 1. The zero-order valence-corrected chi connectivity index (χ0v) is 8.75. The van der Waals surface area contributed by atoms with Crippen LogP contribution in [-0.2, 0) is 0 Å². The molecule has 2 nitrogen and oxygen atoms in total. The molecule has 14 heavy (non-hydrogen) atoms. The lowest BCUT2D eigenvalue weighted by atomic mass is 10.1. The zero-order valence-electron chi connectivity index (χ0n) is 8.75. The third-order valence-electron chi connectivity index (χ3n) is 2.61. The lowest BCUT2D eigenvalue weighted by molar-refractivity contribution is 1.15. The Morgan fingerprint density at radius 3 is 2.71 bits per heavy atom. The summed E-state index contributed by atoms with van der Waals surface area (Å²) in [6.07, 6.45) is 2.42. The summed E-state index contributed by atoms with van der Waals surface area (Å²) in [4.78, 5) is 4.48. The predicted octanol–water partition coefficient (Wildman–Crippen LogP) is 2.70. The van der Waals surface area contributed by atoms with Crippen LogP contribution in [0.4, 0.5) is 5.69 Å². The monoisotopic (exact) mass is 188 g/mol. The van der Waals surface area contributed by atoms with Crippen LogP contribution in [0.15, 0.2) is 23.2 Å². The van der Waals surface area contributed by atoms with Crippen LogP contribution in [0.25, 0.3) is 0 Å². The van der Waals surface area contributed by atoms with E-state index in [1.54, 1.807) is 0 Å². The minimum Gasteiger partial charge on any atom is -0.387 e. The first-order valence-electron chi connectivity index (χ1n) is 5.08. The molecule has 1 aromatic rings. The van der Waals surface area contributed by atoms with Crippen molar-refractivity contribution < 1.29 is 0 Å². The summed E-state index contributed by atoms with van der Waals surface area (Å²) in [6, 6.07) is 6.28. The summed E-state index contributed by atoms with van der Waals surface area (Å²) in [5.41, 5.74) is 9.33. The fourth-order valence-corrected chi connectivity index (χ4v) is 1.45. The Morgan fingerprint density at radius 1 is 1.36 bits per heavy atom. The topological polar surface area (TPSA) is 38.4 Å². The van der Waals surface area contributed by atoms with Crippen LogP contribution in [-0.4, -0.2) is 5.84 Å². The smallest absolute Gasteiger partial charge is 0.103 e. The second kappa shape index (κ2) is 3.45. The average molecular weight is 188 g/mol. The summed E-state index contributed by atoms with van der Waals surface area (Å²) in [5, 5.41) is 0. The highest BCUT2D eigenvalue weighted by Crippen LogP contribution is 2.30. The van der Waals surface area contributed by atoms with E-state index in [1.165, 1.54) is 24.0 Å². The molecule has 0 saturated heterocycles. The SMILES string of the molecule is Cc1ccc(C)c(N=C(N)C2CC2)c1. The lowest BCUT2D eigenvalue weighted by Crippen LogP contribution is -2.13. The van der Waals surface area contributed by atoms with E-state index in [-0.39, 0.29) is 0 Å². The van der Waals surface area contributed by atoms with Gasteiger partial charge in [-0.25, -0.2) is 4.99 Å². The van der Waals surface area contributed by atoms with Crippen molar-refractivity contribution in [3.8, 4) is 0 Å². The van der Waals surface area contributed by atoms with Crippen molar-refractivity contribution in [1.82, 2.24) is 0 Å². The van der Waals surface area contributed by atoms with E-state index in [0.717, 1.165) is 11.5 Å². The van der Waals surface area contributed by atoms with Gasteiger partial charge in [-0.2, -0.15) is 0 Å².